The molecule has 1 aromatic rings. The van der Waals surface area contributed by atoms with Gasteiger partial charge in [-0.2, -0.15) is 4.31 Å². The molecule has 1 aliphatic heterocycles. The van der Waals surface area contributed by atoms with E-state index >= 15 is 0 Å². The van der Waals surface area contributed by atoms with E-state index in [9.17, 15) is 18.0 Å². The summed E-state index contributed by atoms with van der Waals surface area (Å²) in [6.45, 7) is 6.26. The Bertz CT molecular complexity index is 1110. The van der Waals surface area contributed by atoms with Gasteiger partial charge in [-0.25, -0.2) is 8.42 Å². The standard InChI is InChI=1S/C29H49N5O5S/c1-21-15-26(39-7)16-22(2)29(21)40(37,38)32(5)20-27(35)30-18-28(36)33(6)24-9-8-10-25(17-24)34-13-11-23(12-14-34)19-31(3)4/h15-16,23-25H,8-14,17-20H2,1-7H3,(H,30,35). The second-order valence-electron chi connectivity index (χ2n) is 11.8. The molecule has 10 nitrogen and oxygen atoms in total. The average Bonchev–Trinajstić information content (AvgIpc) is 2.90. The first-order chi connectivity index (χ1) is 18.8. The van der Waals surface area contributed by atoms with Crippen LogP contribution < -0.4 is 10.1 Å². The minimum Gasteiger partial charge on any atom is -0.497 e. The lowest BCUT2D eigenvalue weighted by Gasteiger charge is -2.43. The number of likely N-dealkylation sites (N-methyl/N-ethyl adjacent to an activating group) is 2. The zero-order valence-corrected chi connectivity index (χ0v) is 26.2. The van der Waals surface area contributed by atoms with Crippen LogP contribution in [-0.2, 0) is 19.6 Å². The molecule has 1 saturated heterocycles. The quantitative estimate of drug-likeness (QED) is 0.428. The molecule has 11 heteroatoms. The third kappa shape index (κ3) is 8.18. The lowest BCUT2D eigenvalue weighted by Crippen LogP contribution is -2.51. The molecule has 2 aliphatic rings. The van der Waals surface area contributed by atoms with Crippen molar-refractivity contribution < 1.29 is 22.7 Å². The van der Waals surface area contributed by atoms with E-state index in [1.54, 1.807) is 30.9 Å². The zero-order chi connectivity index (χ0) is 29.6. The van der Waals surface area contributed by atoms with Gasteiger partial charge >= 0.3 is 0 Å². The van der Waals surface area contributed by atoms with Gasteiger partial charge in [0.2, 0.25) is 21.8 Å². The van der Waals surface area contributed by atoms with Gasteiger partial charge in [-0.3, -0.25) is 9.59 Å². The fraction of sp³-hybridized carbons (Fsp3) is 0.724. The third-order valence-corrected chi connectivity index (χ3v) is 10.6. The molecule has 2 atom stereocenters. The van der Waals surface area contributed by atoms with Gasteiger partial charge in [-0.1, -0.05) is 0 Å². The predicted molar refractivity (Wildman–Crippen MR) is 157 cm³/mol. The number of nitrogens with zero attached hydrogens (tertiary/aromatic N) is 4. The maximum atomic E-state index is 13.2. The van der Waals surface area contributed by atoms with Crippen molar-refractivity contribution in [1.29, 1.82) is 0 Å². The fourth-order valence-corrected chi connectivity index (χ4v) is 7.81. The number of methoxy groups -OCH3 is 1. The van der Waals surface area contributed by atoms with E-state index in [1.165, 1.54) is 33.4 Å². The summed E-state index contributed by atoms with van der Waals surface area (Å²) in [5.41, 5.74) is 1.09. The molecule has 2 unspecified atom stereocenters. The molecule has 0 spiro atoms. The van der Waals surface area contributed by atoms with Gasteiger partial charge in [0.15, 0.2) is 0 Å². The molecule has 1 saturated carbocycles. The van der Waals surface area contributed by atoms with Crippen LogP contribution in [0.4, 0.5) is 0 Å². The molecule has 0 aromatic heterocycles. The number of ether oxygens (including phenoxy) is 1. The topological polar surface area (TPSA) is 102 Å². The number of rotatable bonds is 11. The van der Waals surface area contributed by atoms with Crippen molar-refractivity contribution in [1.82, 2.24) is 24.3 Å². The first-order valence-corrected chi connectivity index (χ1v) is 15.8. The van der Waals surface area contributed by atoms with Gasteiger partial charge in [0.25, 0.3) is 0 Å². The van der Waals surface area contributed by atoms with Crippen molar-refractivity contribution in [3.8, 4) is 5.75 Å². The van der Waals surface area contributed by atoms with Crippen molar-refractivity contribution >= 4 is 21.8 Å². The van der Waals surface area contributed by atoms with Crippen molar-refractivity contribution in [2.75, 3.05) is 68.0 Å². The summed E-state index contributed by atoms with van der Waals surface area (Å²) in [5.74, 6) is 0.664. The molecule has 1 N–H and O–H groups in total. The van der Waals surface area contributed by atoms with Crippen LogP contribution in [-0.4, -0.2) is 119 Å². The average molecular weight is 580 g/mol. The van der Waals surface area contributed by atoms with Gasteiger partial charge in [-0.15, -0.1) is 0 Å². The second kappa shape index (κ2) is 14.1. The Morgan fingerprint density at radius 2 is 1.65 bits per heavy atom. The summed E-state index contributed by atoms with van der Waals surface area (Å²) in [6, 6.07) is 3.95. The van der Waals surface area contributed by atoms with Crippen molar-refractivity contribution in [2.45, 2.75) is 69.4 Å². The number of hydrogen-bond acceptors (Lipinski definition) is 7. The highest BCUT2D eigenvalue weighted by Crippen LogP contribution is 2.30. The summed E-state index contributed by atoms with van der Waals surface area (Å²) in [6.07, 6.45) is 6.62. The molecule has 1 aromatic carbocycles. The molecule has 1 heterocycles. The highest BCUT2D eigenvalue weighted by atomic mass is 32.2. The maximum Gasteiger partial charge on any atom is 0.243 e. The molecule has 2 fully saturated rings. The summed E-state index contributed by atoms with van der Waals surface area (Å²) in [7, 11) is 5.09. The van der Waals surface area contributed by atoms with E-state index < -0.39 is 15.9 Å². The molecule has 40 heavy (non-hydrogen) atoms. The number of carbonyl (C=O) groups is 2. The van der Waals surface area contributed by atoms with Gasteiger partial charge in [-0.05, 0) is 109 Å². The van der Waals surface area contributed by atoms with Crippen LogP contribution in [0.25, 0.3) is 0 Å². The third-order valence-electron chi connectivity index (χ3n) is 8.49. The van der Waals surface area contributed by atoms with Crippen LogP contribution >= 0.6 is 0 Å². The molecular weight excluding hydrogens is 530 g/mol. The molecule has 0 bridgehead atoms. The Kier molecular flexibility index (Phi) is 11.4. The SMILES string of the molecule is COc1cc(C)c(S(=O)(=O)N(C)CC(=O)NCC(=O)N(C)C2CCCC(N3CCC(CN(C)C)CC3)C2)c(C)c1. The number of nitrogens with one attached hydrogen (secondary N) is 1. The number of piperidine rings is 1. The molecular formula is C29H49N5O5S. The van der Waals surface area contributed by atoms with E-state index in [0.29, 0.717) is 22.9 Å². The predicted octanol–water partition coefficient (Wildman–Crippen LogP) is 2.09. The van der Waals surface area contributed by atoms with E-state index in [0.717, 1.165) is 49.1 Å². The first-order valence-electron chi connectivity index (χ1n) is 14.4. The van der Waals surface area contributed by atoms with Crippen molar-refractivity contribution in [3.63, 3.8) is 0 Å². The zero-order valence-electron chi connectivity index (χ0n) is 25.4. The molecule has 1 aliphatic carbocycles. The number of likely N-dealkylation sites (tertiary alicyclic amines) is 1. The highest BCUT2D eigenvalue weighted by Gasteiger charge is 2.33. The summed E-state index contributed by atoms with van der Waals surface area (Å²) in [5, 5.41) is 2.63. The summed E-state index contributed by atoms with van der Waals surface area (Å²) < 4.78 is 32.7. The largest absolute Gasteiger partial charge is 0.497 e. The Labute approximate surface area is 241 Å². The second-order valence-corrected chi connectivity index (χ2v) is 13.8. The van der Waals surface area contributed by atoms with Gasteiger partial charge in [0, 0.05) is 32.7 Å². The number of benzene rings is 1. The van der Waals surface area contributed by atoms with E-state index in [1.807, 2.05) is 7.05 Å². The minimum absolute atomic E-state index is 0.145. The number of carbonyl (C=O) groups excluding carboxylic acids is 2. The van der Waals surface area contributed by atoms with Gasteiger partial charge in [0.1, 0.15) is 5.75 Å². The van der Waals surface area contributed by atoms with Crippen LogP contribution in [0.15, 0.2) is 17.0 Å². The first kappa shape index (κ1) is 32.3. The van der Waals surface area contributed by atoms with E-state index in [4.69, 9.17) is 4.74 Å². The number of aryl methyl sites for hydroxylation is 2. The molecule has 226 valence electrons. The summed E-state index contributed by atoms with van der Waals surface area (Å²) >= 11 is 0. The van der Waals surface area contributed by atoms with Crippen LogP contribution in [0.2, 0.25) is 0 Å². The van der Waals surface area contributed by atoms with Crippen LogP contribution in [0.1, 0.15) is 49.7 Å². The molecule has 2 amide bonds. The Hall–Kier alpha value is -2.21. The van der Waals surface area contributed by atoms with Crippen LogP contribution in [0.3, 0.4) is 0 Å². The molecule has 3 rings (SSSR count). The monoisotopic (exact) mass is 579 g/mol. The van der Waals surface area contributed by atoms with Crippen molar-refractivity contribution in [3.05, 3.63) is 23.3 Å². The normalized spacial score (nSPS) is 21.0. The Balaban J connectivity index is 1.49. The smallest absolute Gasteiger partial charge is 0.243 e. The minimum atomic E-state index is -3.90. The Morgan fingerprint density at radius 3 is 2.23 bits per heavy atom. The van der Waals surface area contributed by atoms with E-state index in [2.05, 4.69) is 29.2 Å². The summed E-state index contributed by atoms with van der Waals surface area (Å²) in [4.78, 5) is 32.4. The van der Waals surface area contributed by atoms with Crippen LogP contribution in [0.5, 0.6) is 5.75 Å². The lowest BCUT2D eigenvalue weighted by molar-refractivity contribution is -0.134. The van der Waals surface area contributed by atoms with Gasteiger partial charge in [0.05, 0.1) is 25.1 Å². The lowest BCUT2D eigenvalue weighted by atomic mass is 9.86. The maximum absolute atomic E-state index is 13.2. The van der Waals surface area contributed by atoms with Crippen molar-refractivity contribution in [2.24, 2.45) is 5.92 Å². The number of amides is 2. The number of sulfonamides is 1. The Morgan fingerprint density at radius 1 is 1.02 bits per heavy atom. The van der Waals surface area contributed by atoms with Gasteiger partial charge < -0.3 is 24.8 Å². The highest BCUT2D eigenvalue weighted by molar-refractivity contribution is 7.89. The molecule has 0 radical (unpaired) electrons. The number of hydrogen-bond donors (Lipinski definition) is 1. The van der Waals surface area contributed by atoms with Crippen LogP contribution in [0, 0.1) is 19.8 Å². The van der Waals surface area contributed by atoms with E-state index in [-0.39, 0.29) is 29.9 Å². The fourth-order valence-electron chi connectivity index (χ4n) is 6.28.